The van der Waals surface area contributed by atoms with Crippen LogP contribution in [0.15, 0.2) is 0 Å². The van der Waals surface area contributed by atoms with Gasteiger partial charge in [-0.3, -0.25) is 4.79 Å². The molecular weight excluding hydrogens is 366 g/mol. The molecule has 0 aromatic rings. The van der Waals surface area contributed by atoms with Gasteiger partial charge in [0.15, 0.2) is 0 Å². The molecule has 0 amide bonds. The van der Waals surface area contributed by atoms with E-state index in [1.165, 1.54) is 0 Å². The predicted molar refractivity (Wildman–Crippen MR) is 36.9 cm³/mol. The van der Waals surface area contributed by atoms with Crippen molar-refractivity contribution in [2.75, 3.05) is 0 Å². The van der Waals surface area contributed by atoms with Gasteiger partial charge >= 0.3 is 41.8 Å². The summed E-state index contributed by atoms with van der Waals surface area (Å²) in [5.74, 6) is -20.8. The van der Waals surface area contributed by atoms with E-state index in [4.69, 9.17) is 0 Å². The Hall–Kier alpha value is -1.31. The van der Waals surface area contributed by atoms with Gasteiger partial charge in [-0.05, 0) is 0 Å². The smallest absolute Gasteiger partial charge is 0.282 e. The zero-order chi connectivity index (χ0) is 18.6. The zero-order valence-corrected chi connectivity index (χ0v) is 9.20. The van der Waals surface area contributed by atoms with Gasteiger partial charge in [-0.2, -0.15) is 57.1 Å². The fourth-order valence-corrected chi connectivity index (χ4v) is 1.05. The zero-order valence-electron chi connectivity index (χ0n) is 9.20. The Morgan fingerprint density at radius 1 is 0.545 bits per heavy atom. The number of Topliss-reactive ketones (excluding diaryl/α,β-unsaturated/α-hetero) is 1. The molecule has 0 radical (unpaired) electrons. The Labute approximate surface area is 109 Å². The van der Waals surface area contributed by atoms with Gasteiger partial charge in [0.2, 0.25) is 0 Å². The number of carbonyl (C=O) groups excluding carboxylic acids is 1. The van der Waals surface area contributed by atoms with E-state index in [1.54, 1.807) is 0 Å². The number of carbonyl (C=O) groups is 1. The van der Waals surface area contributed by atoms with Crippen molar-refractivity contribution < 1.29 is 66.3 Å². The number of hydrogen-bond donors (Lipinski definition) is 0. The first-order valence-corrected chi connectivity index (χ1v) is 4.35. The van der Waals surface area contributed by atoms with Crippen LogP contribution in [0, 0.1) is 0 Å². The fraction of sp³-hybridized carbons (Fsp3) is 0.857. The summed E-state index contributed by atoms with van der Waals surface area (Å²) < 4.78 is 170. The molecule has 22 heavy (non-hydrogen) atoms. The summed E-state index contributed by atoms with van der Waals surface area (Å²) in [7, 11) is 0. The van der Waals surface area contributed by atoms with Crippen LogP contribution in [-0.4, -0.2) is 41.8 Å². The minimum absolute atomic E-state index is 4.97. The highest BCUT2D eigenvalue weighted by Crippen LogP contribution is 2.59. The Morgan fingerprint density at radius 2 is 0.818 bits per heavy atom. The molecule has 0 aliphatic heterocycles. The van der Waals surface area contributed by atoms with Gasteiger partial charge in [0.05, 0.1) is 0 Å². The van der Waals surface area contributed by atoms with Crippen molar-refractivity contribution in [3.8, 4) is 0 Å². The van der Waals surface area contributed by atoms with E-state index >= 15 is 0 Å². The summed E-state index contributed by atoms with van der Waals surface area (Å²) >= 11 is 0. The minimum atomic E-state index is -8.12. The topological polar surface area (TPSA) is 17.1 Å². The summed E-state index contributed by atoms with van der Waals surface area (Å²) in [6.07, 6.45) is -22.6. The van der Waals surface area contributed by atoms with E-state index in [0.717, 1.165) is 0 Å². The highest BCUT2D eigenvalue weighted by atomic mass is 19.4. The van der Waals surface area contributed by atoms with Crippen molar-refractivity contribution in [2.45, 2.75) is 36.0 Å². The molecule has 0 saturated carbocycles. The molecule has 0 spiro atoms. The van der Waals surface area contributed by atoms with Crippen LogP contribution in [0.1, 0.15) is 0 Å². The van der Waals surface area contributed by atoms with E-state index in [9.17, 15) is 66.3 Å². The van der Waals surface area contributed by atoms with Crippen molar-refractivity contribution in [3.05, 3.63) is 0 Å². The summed E-state index contributed by atoms with van der Waals surface area (Å²) in [6, 6.07) is 0. The van der Waals surface area contributed by atoms with Crippen molar-refractivity contribution in [3.63, 3.8) is 0 Å². The molecule has 0 N–H and O–H groups in total. The molecule has 1 nitrogen and oxygen atoms in total. The van der Waals surface area contributed by atoms with E-state index in [-0.39, 0.29) is 0 Å². The number of halogens is 14. The summed E-state index contributed by atoms with van der Waals surface area (Å²) in [4.78, 5) is 9.98. The third kappa shape index (κ3) is 2.68. The second-order valence-electron chi connectivity index (χ2n) is 3.63. The summed E-state index contributed by atoms with van der Waals surface area (Å²) in [6.45, 7) is 0. The monoisotopic (exact) mass is 366 g/mol. The van der Waals surface area contributed by atoms with Crippen molar-refractivity contribution in [1.82, 2.24) is 0 Å². The maximum absolute atomic E-state index is 12.8. The Balaban J connectivity index is 6.45. The maximum Gasteiger partial charge on any atom is 0.456 e. The maximum atomic E-state index is 12.8. The summed E-state index contributed by atoms with van der Waals surface area (Å²) in [5.41, 5.74) is -8.10. The Bertz CT molecular complexity index is 422. The molecule has 0 bridgehead atoms. The molecule has 132 valence electrons. The third-order valence-electron chi connectivity index (χ3n) is 2.15. The van der Waals surface area contributed by atoms with Gasteiger partial charge in [-0.25, -0.2) is 4.39 Å². The minimum Gasteiger partial charge on any atom is -0.282 e. The summed E-state index contributed by atoms with van der Waals surface area (Å²) in [5, 5.41) is 0. The fourth-order valence-electron chi connectivity index (χ4n) is 1.05. The van der Waals surface area contributed by atoms with Gasteiger partial charge in [0.25, 0.3) is 0 Å². The van der Waals surface area contributed by atoms with Crippen LogP contribution < -0.4 is 0 Å². The van der Waals surface area contributed by atoms with E-state index in [2.05, 4.69) is 0 Å². The van der Waals surface area contributed by atoms with Crippen molar-refractivity contribution in [2.24, 2.45) is 0 Å². The first-order chi connectivity index (χ1) is 9.15. The average Bonchev–Trinajstić information content (AvgIpc) is 2.21. The molecule has 0 unspecified atom stereocenters. The predicted octanol–water partition coefficient (Wildman–Crippen LogP) is 4.22. The number of rotatable bonds is 3. The number of hydrogen-bond acceptors (Lipinski definition) is 1. The Morgan fingerprint density at radius 3 is 1.00 bits per heavy atom. The molecule has 0 heterocycles. The third-order valence-corrected chi connectivity index (χ3v) is 2.15. The molecule has 0 aromatic carbocycles. The largest absolute Gasteiger partial charge is 0.456 e. The molecular formula is C7F14O. The van der Waals surface area contributed by atoms with Gasteiger partial charge < -0.3 is 0 Å². The first kappa shape index (κ1) is 20.7. The number of alkyl halides is 14. The van der Waals surface area contributed by atoms with Crippen LogP contribution in [0.2, 0.25) is 0 Å². The van der Waals surface area contributed by atoms with Crippen molar-refractivity contribution in [1.29, 1.82) is 0 Å². The second kappa shape index (κ2) is 4.84. The lowest BCUT2D eigenvalue weighted by atomic mass is 9.88. The van der Waals surface area contributed by atoms with E-state index in [0.29, 0.717) is 0 Å². The van der Waals surface area contributed by atoms with Crippen LogP contribution in [0.5, 0.6) is 0 Å². The first-order valence-electron chi connectivity index (χ1n) is 4.35. The molecule has 0 rings (SSSR count). The second-order valence-corrected chi connectivity index (χ2v) is 3.63. The molecule has 15 heteroatoms. The SMILES string of the molecule is O=C(C(F)(F)F)C(F)(F)C(F)(F)C(F)(C(F)(F)F)C(F)(F)F. The van der Waals surface area contributed by atoms with E-state index < -0.39 is 41.8 Å². The lowest BCUT2D eigenvalue weighted by Crippen LogP contribution is -2.72. The lowest BCUT2D eigenvalue weighted by molar-refractivity contribution is -0.422. The van der Waals surface area contributed by atoms with Crippen molar-refractivity contribution >= 4 is 5.78 Å². The highest BCUT2D eigenvalue weighted by molar-refractivity contribution is 5.91. The quantitative estimate of drug-likeness (QED) is 0.684. The van der Waals surface area contributed by atoms with Crippen LogP contribution in [0.4, 0.5) is 61.5 Å². The molecule has 0 aromatic heterocycles. The van der Waals surface area contributed by atoms with Crippen LogP contribution in [0.3, 0.4) is 0 Å². The molecule has 0 aliphatic rings. The average molecular weight is 366 g/mol. The van der Waals surface area contributed by atoms with E-state index in [1.807, 2.05) is 0 Å². The molecule has 0 fully saturated rings. The number of ketones is 1. The molecule has 0 saturated heterocycles. The lowest BCUT2D eigenvalue weighted by Gasteiger charge is -2.38. The normalized spacial score (nSPS) is 15.9. The highest BCUT2D eigenvalue weighted by Gasteiger charge is 2.92. The standard InChI is InChI=1S/C7F14O/c8-2(9,1(22)3(10,11)12)5(14,15)4(13,6(16,17)18)7(19,20)21. The van der Waals surface area contributed by atoms with Gasteiger partial charge in [0.1, 0.15) is 0 Å². The Kier molecular flexibility index (Phi) is 4.55. The van der Waals surface area contributed by atoms with Crippen LogP contribution in [-0.2, 0) is 4.79 Å². The van der Waals surface area contributed by atoms with Gasteiger partial charge in [0, 0.05) is 0 Å². The van der Waals surface area contributed by atoms with Gasteiger partial charge in [-0.15, -0.1) is 0 Å². The van der Waals surface area contributed by atoms with Crippen LogP contribution in [0.25, 0.3) is 0 Å². The van der Waals surface area contributed by atoms with Gasteiger partial charge in [-0.1, -0.05) is 0 Å². The van der Waals surface area contributed by atoms with Crippen LogP contribution >= 0.6 is 0 Å². The molecule has 0 aliphatic carbocycles. The molecule has 0 atom stereocenters.